The first-order valence-electron chi connectivity index (χ1n) is 6.04. The van der Waals surface area contributed by atoms with Crippen molar-refractivity contribution in [3.8, 4) is 0 Å². The Bertz CT molecular complexity index is 599. The van der Waals surface area contributed by atoms with Crippen molar-refractivity contribution in [2.45, 2.75) is 12.5 Å². The number of anilines is 1. The third kappa shape index (κ3) is 4.24. The predicted molar refractivity (Wildman–Crippen MR) is 70.0 cm³/mol. The molecular weight excluding hydrogens is 290 g/mol. The molecule has 110 valence electrons. The zero-order valence-corrected chi connectivity index (χ0v) is 11.3. The zero-order valence-electron chi connectivity index (χ0n) is 10.5. The molecule has 0 saturated carbocycles. The van der Waals surface area contributed by atoms with E-state index in [0.29, 0.717) is 12.6 Å². The molecular formula is C12H14F2N2O3S. The molecule has 0 radical (unpaired) electrons. The molecule has 2 rings (SSSR count). The lowest BCUT2D eigenvalue weighted by Gasteiger charge is -2.23. The van der Waals surface area contributed by atoms with Crippen LogP contribution in [-0.2, 0) is 14.6 Å². The fourth-order valence-corrected chi connectivity index (χ4v) is 3.50. The molecule has 1 aliphatic heterocycles. The number of carbonyl (C=O) groups is 1. The van der Waals surface area contributed by atoms with Gasteiger partial charge in [0.25, 0.3) is 0 Å². The summed E-state index contributed by atoms with van der Waals surface area (Å²) in [6.45, 7) is 0.300. The van der Waals surface area contributed by atoms with Crippen LogP contribution >= 0.6 is 0 Å². The molecule has 1 aromatic carbocycles. The molecule has 1 aromatic rings. The third-order valence-corrected chi connectivity index (χ3v) is 4.62. The topological polar surface area (TPSA) is 75.3 Å². The minimum atomic E-state index is -3.13. The van der Waals surface area contributed by atoms with E-state index in [-0.39, 0.29) is 23.6 Å². The lowest BCUT2D eigenvalue weighted by molar-refractivity contribution is -0.116. The van der Waals surface area contributed by atoms with Crippen LogP contribution in [0.3, 0.4) is 0 Å². The van der Waals surface area contributed by atoms with Crippen molar-refractivity contribution in [2.75, 3.05) is 23.4 Å². The van der Waals surface area contributed by atoms with E-state index in [0.717, 1.165) is 12.1 Å². The van der Waals surface area contributed by atoms with Crippen molar-refractivity contribution >= 4 is 21.4 Å². The van der Waals surface area contributed by atoms with E-state index in [2.05, 4.69) is 10.6 Å². The summed E-state index contributed by atoms with van der Waals surface area (Å²) in [5.74, 6) is -2.14. The average molecular weight is 304 g/mol. The second kappa shape index (κ2) is 5.84. The minimum absolute atomic E-state index is 0.00571. The van der Waals surface area contributed by atoms with Crippen LogP contribution < -0.4 is 10.6 Å². The number of amides is 1. The molecule has 1 heterocycles. The highest BCUT2D eigenvalue weighted by atomic mass is 32.2. The Balaban J connectivity index is 1.95. The Labute approximate surface area is 115 Å². The smallest absolute Gasteiger partial charge is 0.225 e. The van der Waals surface area contributed by atoms with Crippen molar-refractivity contribution in [1.82, 2.24) is 5.32 Å². The van der Waals surface area contributed by atoms with Crippen LogP contribution in [0.1, 0.15) is 6.42 Å². The Morgan fingerprint density at radius 3 is 2.55 bits per heavy atom. The van der Waals surface area contributed by atoms with E-state index < -0.39 is 33.4 Å². The summed E-state index contributed by atoms with van der Waals surface area (Å²) in [6.07, 6.45) is -0.0721. The van der Waals surface area contributed by atoms with Gasteiger partial charge in [0.2, 0.25) is 5.91 Å². The van der Waals surface area contributed by atoms with Crippen LogP contribution in [-0.4, -0.2) is 38.4 Å². The van der Waals surface area contributed by atoms with Crippen LogP contribution in [0.15, 0.2) is 18.2 Å². The fourth-order valence-electron chi connectivity index (χ4n) is 2.06. The normalized spacial score (nSPS) is 21.4. The lowest BCUT2D eigenvalue weighted by Crippen LogP contribution is -2.46. The van der Waals surface area contributed by atoms with Crippen LogP contribution in [0.25, 0.3) is 0 Å². The van der Waals surface area contributed by atoms with E-state index >= 15 is 0 Å². The zero-order chi connectivity index (χ0) is 14.8. The highest BCUT2D eigenvalue weighted by molar-refractivity contribution is 7.91. The average Bonchev–Trinajstić information content (AvgIpc) is 2.25. The van der Waals surface area contributed by atoms with E-state index in [1.165, 1.54) is 0 Å². The van der Waals surface area contributed by atoms with E-state index in [1.807, 2.05) is 0 Å². The van der Waals surface area contributed by atoms with Gasteiger partial charge in [-0.1, -0.05) is 0 Å². The molecule has 1 aliphatic rings. The molecule has 0 aliphatic carbocycles. The first-order valence-corrected chi connectivity index (χ1v) is 7.86. The number of carbonyl (C=O) groups excluding carboxylic acids is 1. The molecule has 1 saturated heterocycles. The van der Waals surface area contributed by atoms with E-state index in [1.54, 1.807) is 0 Å². The fraction of sp³-hybridized carbons (Fsp3) is 0.417. The molecule has 0 bridgehead atoms. The van der Waals surface area contributed by atoms with Gasteiger partial charge in [0, 0.05) is 30.8 Å². The monoisotopic (exact) mass is 304 g/mol. The van der Waals surface area contributed by atoms with Gasteiger partial charge in [-0.3, -0.25) is 4.79 Å². The molecule has 0 spiro atoms. The second-order valence-corrected chi connectivity index (χ2v) is 6.90. The Morgan fingerprint density at radius 2 is 1.95 bits per heavy atom. The molecule has 1 amide bonds. The number of benzene rings is 1. The quantitative estimate of drug-likeness (QED) is 0.861. The Hall–Kier alpha value is -1.54. The van der Waals surface area contributed by atoms with Gasteiger partial charge in [0.1, 0.15) is 11.6 Å². The summed E-state index contributed by atoms with van der Waals surface area (Å²) in [4.78, 5) is 11.7. The first-order chi connectivity index (χ1) is 9.34. The molecule has 2 N–H and O–H groups in total. The molecule has 20 heavy (non-hydrogen) atoms. The summed E-state index contributed by atoms with van der Waals surface area (Å²) in [6, 6.07) is 2.20. The Morgan fingerprint density at radius 1 is 1.30 bits per heavy atom. The molecule has 8 heteroatoms. The summed E-state index contributed by atoms with van der Waals surface area (Å²) in [7, 11) is -3.13. The van der Waals surface area contributed by atoms with Crippen molar-refractivity contribution in [2.24, 2.45) is 0 Å². The van der Waals surface area contributed by atoms with Crippen molar-refractivity contribution in [3.63, 3.8) is 0 Å². The third-order valence-electron chi connectivity index (χ3n) is 2.88. The van der Waals surface area contributed by atoms with Gasteiger partial charge >= 0.3 is 0 Å². The van der Waals surface area contributed by atoms with Crippen LogP contribution in [0.4, 0.5) is 14.5 Å². The van der Waals surface area contributed by atoms with Gasteiger partial charge in [-0.05, 0) is 12.1 Å². The van der Waals surface area contributed by atoms with Gasteiger partial charge in [-0.15, -0.1) is 0 Å². The SMILES string of the molecule is O=C(CC1CS(=O)(=O)CCN1)Nc1cc(F)cc(F)c1. The number of rotatable bonds is 3. The minimum Gasteiger partial charge on any atom is -0.326 e. The van der Waals surface area contributed by atoms with Gasteiger partial charge in [0.05, 0.1) is 11.5 Å². The first kappa shape index (κ1) is 14.9. The predicted octanol–water partition coefficient (Wildman–Crippen LogP) is 0.680. The summed E-state index contributed by atoms with van der Waals surface area (Å²) in [5, 5.41) is 5.27. The van der Waals surface area contributed by atoms with E-state index in [4.69, 9.17) is 0 Å². The number of hydrogen-bond acceptors (Lipinski definition) is 4. The van der Waals surface area contributed by atoms with Crippen LogP contribution in [0.5, 0.6) is 0 Å². The molecule has 0 aromatic heterocycles. The van der Waals surface area contributed by atoms with Crippen LogP contribution in [0, 0.1) is 11.6 Å². The van der Waals surface area contributed by atoms with Crippen molar-refractivity contribution in [3.05, 3.63) is 29.8 Å². The maximum atomic E-state index is 13.0. The van der Waals surface area contributed by atoms with E-state index in [9.17, 15) is 22.0 Å². The molecule has 1 atom stereocenters. The lowest BCUT2D eigenvalue weighted by atomic mass is 10.2. The number of hydrogen-bond donors (Lipinski definition) is 2. The maximum Gasteiger partial charge on any atom is 0.225 e. The van der Waals surface area contributed by atoms with Crippen molar-refractivity contribution in [1.29, 1.82) is 0 Å². The summed E-state index contributed by atoms with van der Waals surface area (Å²) in [5.41, 5.74) is 0.00571. The van der Waals surface area contributed by atoms with Crippen LogP contribution in [0.2, 0.25) is 0 Å². The molecule has 1 unspecified atom stereocenters. The summed E-state index contributed by atoms with van der Waals surface area (Å²) >= 11 is 0. The highest BCUT2D eigenvalue weighted by Crippen LogP contribution is 2.14. The maximum absolute atomic E-state index is 13.0. The molecule has 5 nitrogen and oxygen atoms in total. The van der Waals surface area contributed by atoms with Gasteiger partial charge in [-0.2, -0.15) is 0 Å². The number of halogens is 2. The number of nitrogens with one attached hydrogen (secondary N) is 2. The van der Waals surface area contributed by atoms with Gasteiger partial charge in [0.15, 0.2) is 9.84 Å². The summed E-state index contributed by atoms with van der Waals surface area (Å²) < 4.78 is 48.7. The standard InChI is InChI=1S/C12H14F2N2O3S/c13-8-3-9(14)5-10(4-8)16-12(17)6-11-7-20(18,19)2-1-15-11/h3-5,11,15H,1-2,6-7H2,(H,16,17). The second-order valence-electron chi connectivity index (χ2n) is 4.68. The van der Waals surface area contributed by atoms with Crippen molar-refractivity contribution < 1.29 is 22.0 Å². The highest BCUT2D eigenvalue weighted by Gasteiger charge is 2.26. The van der Waals surface area contributed by atoms with Gasteiger partial charge < -0.3 is 10.6 Å². The van der Waals surface area contributed by atoms with Gasteiger partial charge in [-0.25, -0.2) is 17.2 Å². The number of sulfone groups is 1. The largest absolute Gasteiger partial charge is 0.326 e. The molecule has 1 fully saturated rings. The Kier molecular flexibility index (Phi) is 4.34.